The minimum atomic E-state index is -0.702. The average molecular weight is 402 g/mol. The Morgan fingerprint density at radius 2 is 1.45 bits per heavy atom. The van der Waals surface area contributed by atoms with Gasteiger partial charge in [-0.15, -0.1) is 0 Å². The molecule has 0 amide bonds. The van der Waals surface area contributed by atoms with Crippen molar-refractivity contribution in [3.63, 3.8) is 0 Å². The lowest BCUT2D eigenvalue weighted by atomic mass is 10.2. The molecule has 0 saturated heterocycles. The maximum atomic E-state index is 12.5. The molecule has 8 heteroatoms. The summed E-state index contributed by atoms with van der Waals surface area (Å²) in [5.74, 6) is 1.25. The summed E-state index contributed by atoms with van der Waals surface area (Å²) in [6.45, 7) is 6.73. The number of benzene rings is 2. The third-order valence-electron chi connectivity index (χ3n) is 3.76. The molecule has 0 atom stereocenters. The van der Waals surface area contributed by atoms with Gasteiger partial charge in [-0.25, -0.2) is 4.79 Å². The van der Waals surface area contributed by atoms with Gasteiger partial charge in [0.05, 0.1) is 32.5 Å². The highest BCUT2D eigenvalue weighted by Crippen LogP contribution is 2.39. The number of carbonyl (C=O) groups is 1. The molecule has 0 aromatic heterocycles. The van der Waals surface area contributed by atoms with Crippen molar-refractivity contribution in [1.82, 2.24) is 0 Å². The van der Waals surface area contributed by atoms with Crippen molar-refractivity contribution in [1.29, 1.82) is 0 Å². The first-order valence-corrected chi connectivity index (χ1v) is 9.29. The van der Waals surface area contributed by atoms with E-state index in [0.29, 0.717) is 48.4 Å². The van der Waals surface area contributed by atoms with Gasteiger partial charge >= 0.3 is 5.97 Å². The molecule has 156 valence electrons. The zero-order valence-electron chi connectivity index (χ0n) is 17.1. The Bertz CT molecular complexity index is 822. The standard InChI is InChI=1S/C21H26N2O6/c1-5-26-17-12-15(13-18(27-6-2)19(17)28-7-3)21(24)29-23-20(22)14-8-10-16(25-4)11-9-14/h8-13H,5-7H2,1-4H3,(H2,22,23). The number of oxime groups is 1. The van der Waals surface area contributed by atoms with E-state index in [1.807, 2.05) is 20.8 Å². The highest BCUT2D eigenvalue weighted by Gasteiger charge is 2.19. The molecular weight excluding hydrogens is 376 g/mol. The molecule has 0 bridgehead atoms. The van der Waals surface area contributed by atoms with Crippen LogP contribution >= 0.6 is 0 Å². The number of nitrogens with two attached hydrogens (primary N) is 1. The number of rotatable bonds is 10. The van der Waals surface area contributed by atoms with Crippen molar-refractivity contribution in [3.8, 4) is 23.0 Å². The van der Waals surface area contributed by atoms with Crippen LogP contribution in [0.5, 0.6) is 23.0 Å². The van der Waals surface area contributed by atoms with Crippen LogP contribution in [0, 0.1) is 0 Å². The summed E-state index contributed by atoms with van der Waals surface area (Å²) in [5.41, 5.74) is 6.69. The van der Waals surface area contributed by atoms with Crippen LogP contribution in [0.3, 0.4) is 0 Å². The molecule has 29 heavy (non-hydrogen) atoms. The second-order valence-corrected chi connectivity index (χ2v) is 5.68. The molecule has 0 aliphatic heterocycles. The van der Waals surface area contributed by atoms with Crippen LogP contribution in [0.4, 0.5) is 0 Å². The summed E-state index contributed by atoms with van der Waals surface area (Å²) in [6, 6.07) is 9.94. The maximum Gasteiger partial charge on any atom is 0.366 e. The van der Waals surface area contributed by atoms with E-state index in [0.717, 1.165) is 0 Å². The van der Waals surface area contributed by atoms with Crippen molar-refractivity contribution in [2.75, 3.05) is 26.9 Å². The van der Waals surface area contributed by atoms with E-state index in [1.165, 1.54) is 12.1 Å². The van der Waals surface area contributed by atoms with Gasteiger partial charge in [-0.2, -0.15) is 0 Å². The van der Waals surface area contributed by atoms with Gasteiger partial charge in [0, 0.05) is 5.56 Å². The normalized spacial score (nSPS) is 11.0. The maximum absolute atomic E-state index is 12.5. The Balaban J connectivity index is 2.26. The summed E-state index contributed by atoms with van der Waals surface area (Å²) in [5, 5.41) is 3.73. The minimum absolute atomic E-state index is 0.0574. The van der Waals surface area contributed by atoms with Gasteiger partial charge in [-0.1, -0.05) is 5.16 Å². The fraction of sp³-hybridized carbons (Fsp3) is 0.333. The SMILES string of the molecule is CCOc1cc(C(=O)ON=C(N)c2ccc(OC)cc2)cc(OCC)c1OCC. The van der Waals surface area contributed by atoms with Crippen LogP contribution in [0.15, 0.2) is 41.6 Å². The van der Waals surface area contributed by atoms with Gasteiger partial charge in [-0.3, -0.25) is 0 Å². The van der Waals surface area contributed by atoms with Crippen molar-refractivity contribution in [2.45, 2.75) is 20.8 Å². The number of nitrogens with zero attached hydrogens (tertiary/aromatic N) is 1. The lowest BCUT2D eigenvalue weighted by molar-refractivity contribution is 0.0515. The van der Waals surface area contributed by atoms with Crippen LogP contribution in [0.1, 0.15) is 36.7 Å². The number of amidine groups is 1. The first kappa shape index (κ1) is 21.9. The van der Waals surface area contributed by atoms with Gasteiger partial charge in [0.2, 0.25) is 5.75 Å². The second kappa shape index (κ2) is 10.8. The summed E-state index contributed by atoms with van der Waals surface area (Å²) in [4.78, 5) is 17.5. The zero-order chi connectivity index (χ0) is 21.2. The van der Waals surface area contributed by atoms with Gasteiger partial charge in [0.1, 0.15) is 5.75 Å². The molecule has 0 spiro atoms. The number of hydrogen-bond acceptors (Lipinski definition) is 7. The third kappa shape index (κ3) is 5.78. The van der Waals surface area contributed by atoms with Gasteiger partial charge in [0.25, 0.3) is 0 Å². The quantitative estimate of drug-likeness (QED) is 0.281. The largest absolute Gasteiger partial charge is 0.497 e. The Hall–Kier alpha value is -3.42. The van der Waals surface area contributed by atoms with Crippen molar-refractivity contribution in [3.05, 3.63) is 47.5 Å². The molecule has 2 rings (SSSR count). The molecule has 0 unspecified atom stereocenters. The van der Waals surface area contributed by atoms with Crippen molar-refractivity contribution < 1.29 is 28.6 Å². The third-order valence-corrected chi connectivity index (χ3v) is 3.76. The predicted octanol–water partition coefficient (Wildman–Crippen LogP) is 3.37. The van der Waals surface area contributed by atoms with E-state index >= 15 is 0 Å². The lowest BCUT2D eigenvalue weighted by Gasteiger charge is -2.16. The van der Waals surface area contributed by atoms with Crippen LogP contribution in [0.25, 0.3) is 0 Å². The highest BCUT2D eigenvalue weighted by molar-refractivity contribution is 5.98. The van der Waals surface area contributed by atoms with Crippen molar-refractivity contribution >= 4 is 11.8 Å². The molecule has 0 saturated carbocycles. The molecule has 8 nitrogen and oxygen atoms in total. The molecule has 2 aromatic carbocycles. The van der Waals surface area contributed by atoms with Crippen LogP contribution < -0.4 is 24.7 Å². The molecule has 0 heterocycles. The van der Waals surface area contributed by atoms with Gasteiger partial charge < -0.3 is 29.5 Å². The van der Waals surface area contributed by atoms with Crippen LogP contribution in [-0.2, 0) is 4.84 Å². The fourth-order valence-electron chi connectivity index (χ4n) is 2.46. The molecule has 2 aromatic rings. The molecular formula is C21H26N2O6. The monoisotopic (exact) mass is 402 g/mol. The van der Waals surface area contributed by atoms with Crippen molar-refractivity contribution in [2.24, 2.45) is 10.9 Å². The van der Waals surface area contributed by atoms with E-state index in [4.69, 9.17) is 29.5 Å². The Morgan fingerprint density at radius 3 is 1.93 bits per heavy atom. The number of ether oxygens (including phenoxy) is 4. The predicted molar refractivity (Wildman–Crippen MR) is 109 cm³/mol. The van der Waals surface area contributed by atoms with Crippen LogP contribution in [0.2, 0.25) is 0 Å². The Labute approximate surface area is 170 Å². The Morgan fingerprint density at radius 1 is 0.897 bits per heavy atom. The number of carbonyl (C=O) groups excluding carboxylic acids is 1. The average Bonchev–Trinajstić information content (AvgIpc) is 2.74. The van der Waals surface area contributed by atoms with Gasteiger partial charge in [0.15, 0.2) is 17.3 Å². The molecule has 0 aliphatic rings. The summed E-state index contributed by atoms with van der Waals surface area (Å²) in [6.07, 6.45) is 0. The number of hydrogen-bond donors (Lipinski definition) is 1. The summed E-state index contributed by atoms with van der Waals surface area (Å²) < 4.78 is 21.9. The van der Waals surface area contributed by atoms with Gasteiger partial charge in [-0.05, 0) is 57.2 Å². The molecule has 0 radical (unpaired) electrons. The molecule has 0 fully saturated rings. The summed E-state index contributed by atoms with van der Waals surface area (Å²) >= 11 is 0. The van der Waals surface area contributed by atoms with Crippen LogP contribution in [-0.4, -0.2) is 38.7 Å². The molecule has 0 aliphatic carbocycles. The lowest BCUT2D eigenvalue weighted by Crippen LogP contribution is -2.15. The van der Waals surface area contributed by atoms with E-state index < -0.39 is 5.97 Å². The second-order valence-electron chi connectivity index (χ2n) is 5.68. The molecule has 2 N–H and O–H groups in total. The number of methoxy groups -OCH3 is 1. The van der Waals surface area contributed by atoms with E-state index in [9.17, 15) is 4.79 Å². The first-order chi connectivity index (χ1) is 14.0. The topological polar surface area (TPSA) is 102 Å². The van der Waals surface area contributed by atoms with E-state index in [-0.39, 0.29) is 11.4 Å². The zero-order valence-corrected chi connectivity index (χ0v) is 17.1. The summed E-state index contributed by atoms with van der Waals surface area (Å²) in [7, 11) is 1.57. The Kier molecular flexibility index (Phi) is 8.14. The highest BCUT2D eigenvalue weighted by atomic mass is 16.7. The smallest absolute Gasteiger partial charge is 0.366 e. The van der Waals surface area contributed by atoms with E-state index in [1.54, 1.807) is 31.4 Å². The first-order valence-electron chi connectivity index (χ1n) is 9.29. The minimum Gasteiger partial charge on any atom is -0.497 e. The fourth-order valence-corrected chi connectivity index (χ4v) is 2.46. The van der Waals surface area contributed by atoms with E-state index in [2.05, 4.69) is 5.16 Å².